The van der Waals surface area contributed by atoms with Gasteiger partial charge < -0.3 is 10.2 Å². The number of anilines is 2. The first-order valence-corrected chi connectivity index (χ1v) is 5.43. The van der Waals surface area contributed by atoms with E-state index in [9.17, 15) is 0 Å². The average Bonchev–Trinajstić information content (AvgIpc) is 3.00. The second kappa shape index (κ2) is 4.04. The standard InChI is InChI=1S/C11H18N4/c1-8-6-10(14-11(12-2)13-8)15(3)7-9-4-5-9/h6,9H,4-5,7H2,1-3H3,(H,12,13,14). The van der Waals surface area contributed by atoms with Crippen LogP contribution in [0.5, 0.6) is 0 Å². The van der Waals surface area contributed by atoms with Crippen molar-refractivity contribution >= 4 is 11.8 Å². The van der Waals surface area contributed by atoms with E-state index in [1.54, 1.807) is 0 Å². The molecule has 0 saturated heterocycles. The molecule has 1 N–H and O–H groups in total. The number of aryl methyl sites for hydroxylation is 1. The predicted octanol–water partition coefficient (Wildman–Crippen LogP) is 1.67. The first kappa shape index (κ1) is 10.2. The summed E-state index contributed by atoms with van der Waals surface area (Å²) in [5, 5.41) is 2.98. The molecule has 4 heteroatoms. The fourth-order valence-corrected chi connectivity index (χ4v) is 1.64. The summed E-state index contributed by atoms with van der Waals surface area (Å²) in [6.07, 6.45) is 2.74. The van der Waals surface area contributed by atoms with E-state index in [2.05, 4.69) is 27.2 Å². The van der Waals surface area contributed by atoms with E-state index in [0.29, 0.717) is 5.95 Å². The SMILES string of the molecule is CNc1nc(C)cc(N(C)CC2CC2)n1. The molecule has 0 spiro atoms. The van der Waals surface area contributed by atoms with Crippen LogP contribution in [-0.2, 0) is 0 Å². The van der Waals surface area contributed by atoms with E-state index >= 15 is 0 Å². The summed E-state index contributed by atoms with van der Waals surface area (Å²) in [7, 11) is 3.94. The summed E-state index contributed by atoms with van der Waals surface area (Å²) < 4.78 is 0. The van der Waals surface area contributed by atoms with Gasteiger partial charge in [-0.3, -0.25) is 0 Å². The highest BCUT2D eigenvalue weighted by atomic mass is 15.2. The van der Waals surface area contributed by atoms with Gasteiger partial charge in [0.25, 0.3) is 0 Å². The maximum absolute atomic E-state index is 4.44. The minimum absolute atomic E-state index is 0.702. The van der Waals surface area contributed by atoms with Crippen molar-refractivity contribution in [2.75, 3.05) is 30.9 Å². The molecule has 1 saturated carbocycles. The molecule has 1 fully saturated rings. The van der Waals surface area contributed by atoms with Gasteiger partial charge in [0.1, 0.15) is 5.82 Å². The molecule has 0 atom stereocenters. The van der Waals surface area contributed by atoms with Crippen molar-refractivity contribution in [2.45, 2.75) is 19.8 Å². The second-order valence-electron chi connectivity index (χ2n) is 4.27. The van der Waals surface area contributed by atoms with Crippen LogP contribution >= 0.6 is 0 Å². The quantitative estimate of drug-likeness (QED) is 0.813. The summed E-state index contributed by atoms with van der Waals surface area (Å²) in [4.78, 5) is 10.9. The lowest BCUT2D eigenvalue weighted by Crippen LogP contribution is -2.21. The first-order valence-electron chi connectivity index (χ1n) is 5.43. The smallest absolute Gasteiger partial charge is 0.224 e. The molecule has 1 aromatic rings. The summed E-state index contributed by atoms with van der Waals surface area (Å²) >= 11 is 0. The highest BCUT2D eigenvalue weighted by Gasteiger charge is 2.23. The van der Waals surface area contributed by atoms with Crippen LogP contribution in [0.4, 0.5) is 11.8 Å². The zero-order valence-corrected chi connectivity index (χ0v) is 9.62. The molecule has 82 valence electrons. The van der Waals surface area contributed by atoms with Crippen LogP contribution in [0.3, 0.4) is 0 Å². The lowest BCUT2D eigenvalue weighted by atomic mass is 10.3. The molecule has 15 heavy (non-hydrogen) atoms. The Kier molecular flexibility index (Phi) is 2.75. The third-order valence-electron chi connectivity index (χ3n) is 2.68. The van der Waals surface area contributed by atoms with Crippen molar-refractivity contribution in [1.29, 1.82) is 0 Å². The molecule has 2 rings (SSSR count). The van der Waals surface area contributed by atoms with Crippen LogP contribution in [0, 0.1) is 12.8 Å². The molecule has 0 aliphatic heterocycles. The number of nitrogens with zero attached hydrogens (tertiary/aromatic N) is 3. The maximum atomic E-state index is 4.44. The van der Waals surface area contributed by atoms with Crippen molar-refractivity contribution < 1.29 is 0 Å². The second-order valence-corrected chi connectivity index (χ2v) is 4.27. The Hall–Kier alpha value is -1.32. The number of hydrogen-bond acceptors (Lipinski definition) is 4. The van der Waals surface area contributed by atoms with Gasteiger partial charge in [-0.1, -0.05) is 0 Å². The lowest BCUT2D eigenvalue weighted by Gasteiger charge is -2.18. The highest BCUT2D eigenvalue weighted by molar-refractivity contribution is 5.44. The van der Waals surface area contributed by atoms with Crippen molar-refractivity contribution in [3.8, 4) is 0 Å². The average molecular weight is 206 g/mol. The van der Waals surface area contributed by atoms with Gasteiger partial charge in [-0.05, 0) is 25.7 Å². The predicted molar refractivity (Wildman–Crippen MR) is 62.3 cm³/mol. The zero-order chi connectivity index (χ0) is 10.8. The van der Waals surface area contributed by atoms with Gasteiger partial charge in [-0.15, -0.1) is 0 Å². The summed E-state index contributed by atoms with van der Waals surface area (Å²) in [6.45, 7) is 3.11. The van der Waals surface area contributed by atoms with Gasteiger partial charge >= 0.3 is 0 Å². The van der Waals surface area contributed by atoms with E-state index in [4.69, 9.17) is 0 Å². The van der Waals surface area contributed by atoms with Crippen molar-refractivity contribution in [2.24, 2.45) is 5.92 Å². The monoisotopic (exact) mass is 206 g/mol. The Morgan fingerprint density at radius 1 is 1.47 bits per heavy atom. The van der Waals surface area contributed by atoms with Crippen LogP contribution in [-0.4, -0.2) is 30.6 Å². The molecular weight excluding hydrogens is 188 g/mol. The Bertz CT molecular complexity index is 346. The molecule has 4 nitrogen and oxygen atoms in total. The molecule has 1 aliphatic carbocycles. The molecule has 0 bridgehead atoms. The Morgan fingerprint density at radius 3 is 2.80 bits per heavy atom. The summed E-state index contributed by atoms with van der Waals surface area (Å²) in [5.74, 6) is 2.59. The Labute approximate surface area is 90.7 Å². The number of hydrogen-bond donors (Lipinski definition) is 1. The van der Waals surface area contributed by atoms with E-state index in [-0.39, 0.29) is 0 Å². The van der Waals surface area contributed by atoms with Crippen LogP contribution < -0.4 is 10.2 Å². The van der Waals surface area contributed by atoms with Gasteiger partial charge in [-0.25, -0.2) is 4.98 Å². The minimum atomic E-state index is 0.702. The molecule has 0 aromatic carbocycles. The topological polar surface area (TPSA) is 41.1 Å². The molecule has 0 unspecified atom stereocenters. The van der Waals surface area contributed by atoms with Gasteiger partial charge in [0.05, 0.1) is 0 Å². The molecule has 1 aromatic heterocycles. The molecule has 0 radical (unpaired) electrons. The zero-order valence-electron chi connectivity index (χ0n) is 9.62. The van der Waals surface area contributed by atoms with E-state index in [0.717, 1.165) is 24.0 Å². The van der Waals surface area contributed by atoms with Crippen molar-refractivity contribution in [3.05, 3.63) is 11.8 Å². The van der Waals surface area contributed by atoms with Crippen LogP contribution in [0.25, 0.3) is 0 Å². The van der Waals surface area contributed by atoms with E-state index in [1.165, 1.54) is 12.8 Å². The highest BCUT2D eigenvalue weighted by Crippen LogP contribution is 2.30. The Morgan fingerprint density at radius 2 is 2.20 bits per heavy atom. The number of aromatic nitrogens is 2. The van der Waals surface area contributed by atoms with Crippen molar-refractivity contribution in [1.82, 2.24) is 9.97 Å². The number of rotatable bonds is 4. The molecule has 0 amide bonds. The largest absolute Gasteiger partial charge is 0.359 e. The molecule has 1 heterocycles. The summed E-state index contributed by atoms with van der Waals surface area (Å²) in [6, 6.07) is 2.03. The fourth-order valence-electron chi connectivity index (χ4n) is 1.64. The fraction of sp³-hybridized carbons (Fsp3) is 0.636. The maximum Gasteiger partial charge on any atom is 0.224 e. The van der Waals surface area contributed by atoms with Gasteiger partial charge in [0.15, 0.2) is 0 Å². The van der Waals surface area contributed by atoms with E-state index in [1.807, 2.05) is 20.0 Å². The van der Waals surface area contributed by atoms with Crippen LogP contribution in [0.2, 0.25) is 0 Å². The van der Waals surface area contributed by atoms with Crippen molar-refractivity contribution in [3.63, 3.8) is 0 Å². The summed E-state index contributed by atoms with van der Waals surface area (Å²) in [5.41, 5.74) is 1.01. The normalized spacial score (nSPS) is 15.1. The van der Waals surface area contributed by atoms with Gasteiger partial charge in [0, 0.05) is 32.4 Å². The minimum Gasteiger partial charge on any atom is -0.359 e. The van der Waals surface area contributed by atoms with Crippen LogP contribution in [0.1, 0.15) is 18.5 Å². The Balaban J connectivity index is 2.13. The third-order valence-corrected chi connectivity index (χ3v) is 2.68. The van der Waals surface area contributed by atoms with Crippen LogP contribution in [0.15, 0.2) is 6.07 Å². The lowest BCUT2D eigenvalue weighted by molar-refractivity contribution is 0.775. The molecular formula is C11H18N4. The first-order chi connectivity index (χ1) is 7.19. The third kappa shape index (κ3) is 2.58. The number of nitrogens with one attached hydrogen (secondary N) is 1. The van der Waals surface area contributed by atoms with Gasteiger partial charge in [0.2, 0.25) is 5.95 Å². The van der Waals surface area contributed by atoms with Gasteiger partial charge in [-0.2, -0.15) is 4.98 Å². The van der Waals surface area contributed by atoms with E-state index < -0.39 is 0 Å². The molecule has 1 aliphatic rings.